The van der Waals surface area contributed by atoms with Gasteiger partial charge in [0.05, 0.1) is 28.9 Å². The van der Waals surface area contributed by atoms with Crippen LogP contribution in [0.1, 0.15) is 5.56 Å². The van der Waals surface area contributed by atoms with Gasteiger partial charge in [0.15, 0.2) is 6.21 Å². The number of aromatic nitrogens is 4. The van der Waals surface area contributed by atoms with Gasteiger partial charge in [0.1, 0.15) is 17.3 Å². The van der Waals surface area contributed by atoms with E-state index in [9.17, 15) is 0 Å². The summed E-state index contributed by atoms with van der Waals surface area (Å²) < 4.78 is 0.956. The monoisotopic (exact) mass is 388 g/mol. The highest BCUT2D eigenvalue weighted by molar-refractivity contribution is 9.10. The average Bonchev–Trinajstić information content (AvgIpc) is 3.25. The van der Waals surface area contributed by atoms with E-state index in [1.165, 1.54) is 0 Å². The fourth-order valence-corrected chi connectivity index (χ4v) is 3.35. The third-order valence-corrected chi connectivity index (χ3v) is 4.53. The molecule has 6 heteroatoms. The van der Waals surface area contributed by atoms with E-state index in [-0.39, 0.29) is 0 Å². The topological polar surface area (TPSA) is 69.7 Å². The van der Waals surface area contributed by atoms with Crippen LogP contribution in [0, 0.1) is 0 Å². The minimum atomic E-state index is 0.802. The molecule has 4 aromatic heterocycles. The Morgan fingerprint density at radius 1 is 1.00 bits per heavy atom. The molecule has 0 amide bonds. The molecule has 0 saturated heterocycles. The van der Waals surface area contributed by atoms with Gasteiger partial charge in [-0.15, -0.1) is 0 Å². The smallest absolute Gasteiger partial charge is 0.255 e. The highest BCUT2D eigenvalue weighted by Gasteiger charge is 2.18. The predicted molar refractivity (Wildman–Crippen MR) is 103 cm³/mol. The van der Waals surface area contributed by atoms with E-state index < -0.39 is 0 Å². The maximum Gasteiger partial charge on any atom is 0.255 e. The molecular weight excluding hydrogens is 378 g/mol. The summed E-state index contributed by atoms with van der Waals surface area (Å²) in [5.74, 6) is 0.802. The Morgan fingerprint density at radius 2 is 1.84 bits per heavy atom. The number of hydrogen-bond acceptors (Lipinski definition) is 3. The van der Waals surface area contributed by atoms with E-state index in [1.807, 2.05) is 36.4 Å². The summed E-state index contributed by atoms with van der Waals surface area (Å²) in [6.45, 7) is 0. The first kappa shape index (κ1) is 14.3. The Morgan fingerprint density at radius 3 is 2.64 bits per heavy atom. The van der Waals surface area contributed by atoms with Gasteiger partial charge in [0, 0.05) is 22.1 Å². The van der Waals surface area contributed by atoms with Crippen molar-refractivity contribution in [3.8, 4) is 22.8 Å². The van der Waals surface area contributed by atoms with Crippen LogP contribution in [0.2, 0.25) is 0 Å². The molecule has 0 unspecified atom stereocenters. The second-order valence-electron chi connectivity index (χ2n) is 5.74. The quantitative estimate of drug-likeness (QED) is 0.475. The van der Waals surface area contributed by atoms with E-state index in [0.717, 1.165) is 49.7 Å². The van der Waals surface area contributed by atoms with Gasteiger partial charge in [-0.2, -0.15) is 0 Å². The van der Waals surface area contributed by atoms with Crippen LogP contribution in [0.25, 0.3) is 39.9 Å². The molecule has 0 radical (unpaired) electrons. The van der Waals surface area contributed by atoms with Gasteiger partial charge in [-0.3, -0.25) is 4.98 Å². The number of fused-ring (bicyclic) bond motifs is 2. The highest BCUT2D eigenvalue weighted by atomic mass is 79.9. The third-order valence-electron chi connectivity index (χ3n) is 4.07. The van der Waals surface area contributed by atoms with Crippen LogP contribution in [0.4, 0.5) is 5.82 Å². The number of aliphatic imine (C=N–C) groups is 1. The Hall–Kier alpha value is -3.08. The number of H-pyrrole nitrogens is 2. The van der Waals surface area contributed by atoms with Crippen LogP contribution in [0.15, 0.2) is 58.1 Å². The summed E-state index contributed by atoms with van der Waals surface area (Å²) in [6.07, 6.45) is 8.40. The Balaban J connectivity index is 1.64. The summed E-state index contributed by atoms with van der Waals surface area (Å²) in [4.78, 5) is 20.0. The number of aromatic amines is 2. The molecule has 2 N–H and O–H groups in total. The number of hydrogen-bond donors (Lipinski definition) is 2. The summed E-state index contributed by atoms with van der Waals surface area (Å²) in [5.41, 5.74) is 5.42. The normalized spacial score (nSPS) is 12.4. The van der Waals surface area contributed by atoms with E-state index in [4.69, 9.17) is 4.98 Å². The molecule has 118 valence electrons. The van der Waals surface area contributed by atoms with Gasteiger partial charge in [-0.05, 0) is 35.3 Å². The van der Waals surface area contributed by atoms with Crippen LogP contribution < -0.4 is 0 Å². The zero-order chi connectivity index (χ0) is 16.8. The first-order valence-electron chi connectivity index (χ1n) is 7.74. The third kappa shape index (κ3) is 2.48. The van der Waals surface area contributed by atoms with Crippen molar-refractivity contribution in [3.63, 3.8) is 0 Å². The lowest BCUT2D eigenvalue weighted by molar-refractivity contribution is 1.24. The molecule has 0 fully saturated rings. The maximum atomic E-state index is 4.81. The number of nitrogens with one attached hydrogen (secondary N) is 2. The summed E-state index contributed by atoms with van der Waals surface area (Å²) in [6, 6.07) is 12.0. The van der Waals surface area contributed by atoms with E-state index in [2.05, 4.69) is 48.2 Å². The fourth-order valence-electron chi connectivity index (χ4n) is 2.91. The maximum absolute atomic E-state index is 4.81. The number of pyridine rings is 2. The molecule has 1 aliphatic heterocycles. The van der Waals surface area contributed by atoms with Gasteiger partial charge in [-0.25, -0.2) is 9.97 Å². The van der Waals surface area contributed by atoms with Crippen molar-refractivity contribution in [2.75, 3.05) is 0 Å². The number of halogens is 1. The highest BCUT2D eigenvalue weighted by Crippen LogP contribution is 2.32. The van der Waals surface area contributed by atoms with Crippen LogP contribution in [0.3, 0.4) is 0 Å². The molecule has 5 rings (SSSR count). The van der Waals surface area contributed by atoms with Crippen molar-refractivity contribution in [3.05, 3.63) is 58.7 Å². The molecular formula is C19H11BrN5+. The average molecular weight is 389 g/mol. The van der Waals surface area contributed by atoms with Crippen molar-refractivity contribution in [2.45, 2.75) is 0 Å². The van der Waals surface area contributed by atoms with Crippen molar-refractivity contribution in [1.29, 1.82) is 0 Å². The number of allylic oxidation sites excluding steroid dienone is 1. The molecule has 0 saturated carbocycles. The molecule has 5 nitrogen and oxygen atoms in total. The summed E-state index contributed by atoms with van der Waals surface area (Å²) >= 11 is 3.59. The Bertz CT molecular complexity index is 1100. The van der Waals surface area contributed by atoms with Crippen LogP contribution in [0.5, 0.6) is 0 Å². The van der Waals surface area contributed by atoms with Gasteiger partial charge in [-0.1, -0.05) is 15.9 Å². The molecule has 5 heterocycles. The zero-order valence-electron chi connectivity index (χ0n) is 12.9. The van der Waals surface area contributed by atoms with Gasteiger partial charge in [0.2, 0.25) is 0 Å². The minimum Gasteiger partial charge on any atom is -0.338 e. The molecule has 0 bridgehead atoms. The molecule has 0 spiro atoms. The summed E-state index contributed by atoms with van der Waals surface area (Å²) in [5, 5.41) is 1.06. The summed E-state index contributed by atoms with van der Waals surface area (Å²) in [7, 11) is 0. The number of rotatable bonds is 2. The van der Waals surface area contributed by atoms with Crippen molar-refractivity contribution >= 4 is 45.1 Å². The van der Waals surface area contributed by atoms with Gasteiger partial charge in [0.25, 0.3) is 5.82 Å². The largest absolute Gasteiger partial charge is 0.338 e. The molecule has 0 aromatic carbocycles. The molecule has 1 aliphatic rings. The van der Waals surface area contributed by atoms with Crippen molar-refractivity contribution in [2.24, 2.45) is 4.99 Å². The van der Waals surface area contributed by atoms with Crippen molar-refractivity contribution in [1.82, 2.24) is 19.9 Å². The second kappa shape index (κ2) is 5.48. The molecule has 0 aliphatic carbocycles. The van der Waals surface area contributed by atoms with E-state index in [1.54, 1.807) is 12.3 Å². The zero-order valence-corrected chi connectivity index (χ0v) is 14.5. The van der Waals surface area contributed by atoms with Gasteiger partial charge >= 0.3 is 0 Å². The van der Waals surface area contributed by atoms with Crippen LogP contribution in [-0.4, -0.2) is 26.2 Å². The Kier molecular flexibility index (Phi) is 3.13. The lowest BCUT2D eigenvalue weighted by atomic mass is 10.2. The second-order valence-corrected chi connectivity index (χ2v) is 6.66. The number of nitrogens with zero attached hydrogens (tertiary/aromatic N) is 3. The lowest BCUT2D eigenvalue weighted by Gasteiger charge is -2.03. The fraction of sp³-hybridized carbons (Fsp3) is 0. The SMILES string of the molecule is Brc1cc(-c2cc3c([nH]2)N=[C+]C=C3)nc(-c2cc3cccnc3[nH]2)c1. The lowest BCUT2D eigenvalue weighted by Crippen LogP contribution is -1.89. The van der Waals surface area contributed by atoms with Gasteiger partial charge < -0.3 is 4.98 Å². The van der Waals surface area contributed by atoms with E-state index in [0.29, 0.717) is 0 Å². The molecule has 25 heavy (non-hydrogen) atoms. The minimum absolute atomic E-state index is 0.802. The predicted octanol–water partition coefficient (Wildman–Crippen LogP) is 4.99. The first-order chi connectivity index (χ1) is 12.3. The molecule has 0 atom stereocenters. The first-order valence-corrected chi connectivity index (χ1v) is 8.53. The van der Waals surface area contributed by atoms with Crippen LogP contribution in [-0.2, 0) is 0 Å². The standard InChI is InChI=1S/C19H11BrN5/c20-13-9-16(14-7-11-3-1-5-21-18(11)24-14)23-17(10-13)15-8-12-4-2-6-22-19(12)25-15/h1-5,7-10H,(H,21,24)(H,22,25)/q+1. The molecule has 4 aromatic rings. The van der Waals surface area contributed by atoms with Crippen LogP contribution >= 0.6 is 15.9 Å². The van der Waals surface area contributed by atoms with E-state index >= 15 is 0 Å². The van der Waals surface area contributed by atoms with Crippen molar-refractivity contribution < 1.29 is 0 Å². The Labute approximate surface area is 151 Å².